The number of fused-ring (bicyclic) bond motifs is 1. The number of aromatic amines is 1. The second-order valence-corrected chi connectivity index (χ2v) is 5.21. The molecule has 3 nitrogen and oxygen atoms in total. The van der Waals surface area contributed by atoms with Gasteiger partial charge in [-0.05, 0) is 44.1 Å². The third kappa shape index (κ3) is 2.42. The molecular weight excluding hydrogens is 222 g/mol. The molecule has 2 N–H and O–H groups in total. The number of nitrogens with one attached hydrogen (secondary N) is 2. The van der Waals surface area contributed by atoms with Gasteiger partial charge in [0.1, 0.15) is 0 Å². The molecule has 1 aromatic carbocycles. The first-order valence-corrected chi connectivity index (χ1v) is 6.83. The van der Waals surface area contributed by atoms with E-state index in [1.165, 1.54) is 35.1 Å². The zero-order chi connectivity index (χ0) is 12.4. The Morgan fingerprint density at radius 2 is 2.17 bits per heavy atom. The first kappa shape index (κ1) is 11.8. The summed E-state index contributed by atoms with van der Waals surface area (Å²) in [5.41, 5.74) is 3.95. The number of aromatic nitrogens is 1. The van der Waals surface area contributed by atoms with E-state index in [0.717, 1.165) is 26.2 Å². The lowest BCUT2D eigenvalue weighted by Crippen LogP contribution is -2.27. The highest BCUT2D eigenvalue weighted by Crippen LogP contribution is 2.21. The molecule has 1 aromatic heterocycles. The summed E-state index contributed by atoms with van der Waals surface area (Å²) in [5, 5.41) is 4.84. The van der Waals surface area contributed by atoms with E-state index in [0.29, 0.717) is 0 Å². The molecule has 0 radical (unpaired) electrons. The highest BCUT2D eigenvalue weighted by atomic mass is 15.1. The Hall–Kier alpha value is -1.32. The molecule has 1 fully saturated rings. The number of rotatable bonds is 2. The standard InChI is InChI=1S/C15H21N3/c1-12-10-14-13(4-2-5-15(14)17-12)11-18-8-3-6-16-7-9-18/h2,4-5,10,16-17H,3,6-9,11H2,1H3. The summed E-state index contributed by atoms with van der Waals surface area (Å²) in [6.07, 6.45) is 1.25. The van der Waals surface area contributed by atoms with Gasteiger partial charge in [-0.1, -0.05) is 12.1 Å². The fraction of sp³-hybridized carbons (Fsp3) is 0.467. The molecule has 3 heteroatoms. The van der Waals surface area contributed by atoms with Gasteiger partial charge in [0, 0.05) is 36.2 Å². The van der Waals surface area contributed by atoms with Crippen LogP contribution in [0.2, 0.25) is 0 Å². The van der Waals surface area contributed by atoms with Crippen LogP contribution in [-0.4, -0.2) is 36.1 Å². The Morgan fingerprint density at radius 3 is 3.11 bits per heavy atom. The van der Waals surface area contributed by atoms with Gasteiger partial charge in [-0.3, -0.25) is 4.90 Å². The van der Waals surface area contributed by atoms with Crippen LogP contribution in [0.15, 0.2) is 24.3 Å². The lowest BCUT2D eigenvalue weighted by molar-refractivity contribution is 0.285. The number of hydrogen-bond acceptors (Lipinski definition) is 2. The Morgan fingerprint density at radius 1 is 1.22 bits per heavy atom. The molecule has 18 heavy (non-hydrogen) atoms. The van der Waals surface area contributed by atoms with Crippen LogP contribution in [0, 0.1) is 6.92 Å². The molecule has 2 heterocycles. The lowest BCUT2D eigenvalue weighted by Gasteiger charge is -2.19. The van der Waals surface area contributed by atoms with Crippen molar-refractivity contribution < 1.29 is 0 Å². The average molecular weight is 243 g/mol. The predicted octanol–water partition coefficient (Wildman–Crippen LogP) is 2.27. The van der Waals surface area contributed by atoms with Crippen molar-refractivity contribution >= 4 is 10.9 Å². The lowest BCUT2D eigenvalue weighted by atomic mass is 10.1. The number of hydrogen-bond donors (Lipinski definition) is 2. The van der Waals surface area contributed by atoms with Gasteiger partial charge in [-0.25, -0.2) is 0 Å². The average Bonchev–Trinajstić information content (AvgIpc) is 2.58. The van der Waals surface area contributed by atoms with Crippen molar-refractivity contribution in [1.82, 2.24) is 15.2 Å². The second kappa shape index (κ2) is 5.12. The van der Waals surface area contributed by atoms with E-state index in [1.54, 1.807) is 0 Å². The molecule has 0 bridgehead atoms. The van der Waals surface area contributed by atoms with Crippen molar-refractivity contribution in [3.05, 3.63) is 35.5 Å². The van der Waals surface area contributed by atoms with Crippen LogP contribution in [0.1, 0.15) is 17.7 Å². The Kier molecular flexibility index (Phi) is 3.35. The van der Waals surface area contributed by atoms with E-state index in [9.17, 15) is 0 Å². The smallest absolute Gasteiger partial charge is 0.0459 e. The van der Waals surface area contributed by atoms with Crippen LogP contribution in [-0.2, 0) is 6.54 Å². The van der Waals surface area contributed by atoms with Crippen molar-refractivity contribution in [3.8, 4) is 0 Å². The quantitative estimate of drug-likeness (QED) is 0.848. The molecule has 96 valence electrons. The number of H-pyrrole nitrogens is 1. The van der Waals surface area contributed by atoms with Crippen LogP contribution < -0.4 is 5.32 Å². The van der Waals surface area contributed by atoms with E-state index >= 15 is 0 Å². The maximum Gasteiger partial charge on any atom is 0.0459 e. The Bertz CT molecular complexity index is 522. The first-order chi connectivity index (χ1) is 8.83. The highest BCUT2D eigenvalue weighted by molar-refractivity contribution is 5.83. The molecule has 1 aliphatic rings. The van der Waals surface area contributed by atoms with Crippen LogP contribution >= 0.6 is 0 Å². The van der Waals surface area contributed by atoms with E-state index < -0.39 is 0 Å². The summed E-state index contributed by atoms with van der Waals surface area (Å²) >= 11 is 0. The van der Waals surface area contributed by atoms with Crippen LogP contribution in [0.25, 0.3) is 10.9 Å². The summed E-state index contributed by atoms with van der Waals surface area (Å²) in [6, 6.07) is 8.84. The van der Waals surface area contributed by atoms with Crippen molar-refractivity contribution in [1.29, 1.82) is 0 Å². The molecule has 3 rings (SSSR count). The number of nitrogens with zero attached hydrogens (tertiary/aromatic N) is 1. The van der Waals surface area contributed by atoms with Gasteiger partial charge in [0.25, 0.3) is 0 Å². The fourth-order valence-corrected chi connectivity index (χ4v) is 2.80. The number of benzene rings is 1. The third-order valence-corrected chi connectivity index (χ3v) is 3.72. The third-order valence-electron chi connectivity index (χ3n) is 3.72. The van der Waals surface area contributed by atoms with E-state index in [2.05, 4.69) is 46.4 Å². The van der Waals surface area contributed by atoms with Crippen molar-refractivity contribution in [2.75, 3.05) is 26.2 Å². The van der Waals surface area contributed by atoms with Gasteiger partial charge in [0.15, 0.2) is 0 Å². The van der Waals surface area contributed by atoms with Gasteiger partial charge in [-0.2, -0.15) is 0 Å². The van der Waals surface area contributed by atoms with Crippen molar-refractivity contribution in [2.45, 2.75) is 19.9 Å². The SMILES string of the molecule is Cc1cc2c(CN3CCCNCC3)cccc2[nH]1. The van der Waals surface area contributed by atoms with Gasteiger partial charge < -0.3 is 10.3 Å². The molecule has 0 aliphatic carbocycles. The maximum atomic E-state index is 3.46. The van der Waals surface area contributed by atoms with Crippen molar-refractivity contribution in [3.63, 3.8) is 0 Å². The summed E-state index contributed by atoms with van der Waals surface area (Å²) in [7, 11) is 0. The summed E-state index contributed by atoms with van der Waals surface area (Å²) < 4.78 is 0. The summed E-state index contributed by atoms with van der Waals surface area (Å²) in [6.45, 7) is 7.81. The summed E-state index contributed by atoms with van der Waals surface area (Å²) in [4.78, 5) is 5.97. The first-order valence-electron chi connectivity index (χ1n) is 6.83. The minimum Gasteiger partial charge on any atom is -0.359 e. The van der Waals surface area contributed by atoms with Gasteiger partial charge in [-0.15, -0.1) is 0 Å². The maximum absolute atomic E-state index is 3.46. The minimum atomic E-state index is 1.07. The van der Waals surface area contributed by atoms with Crippen LogP contribution in [0.4, 0.5) is 0 Å². The zero-order valence-electron chi connectivity index (χ0n) is 11.0. The fourth-order valence-electron chi connectivity index (χ4n) is 2.80. The molecule has 0 spiro atoms. The Balaban J connectivity index is 1.84. The van der Waals surface area contributed by atoms with E-state index in [-0.39, 0.29) is 0 Å². The van der Waals surface area contributed by atoms with Crippen LogP contribution in [0.5, 0.6) is 0 Å². The monoisotopic (exact) mass is 243 g/mol. The van der Waals surface area contributed by atoms with Gasteiger partial charge >= 0.3 is 0 Å². The second-order valence-electron chi connectivity index (χ2n) is 5.21. The Labute approximate surface area is 108 Å². The molecule has 0 unspecified atom stereocenters. The molecule has 2 aromatic rings. The minimum absolute atomic E-state index is 1.07. The zero-order valence-corrected chi connectivity index (χ0v) is 11.0. The van der Waals surface area contributed by atoms with Crippen molar-refractivity contribution in [2.24, 2.45) is 0 Å². The molecule has 1 aliphatic heterocycles. The molecular formula is C15H21N3. The van der Waals surface area contributed by atoms with E-state index in [1.807, 2.05) is 0 Å². The topological polar surface area (TPSA) is 31.1 Å². The molecule has 0 saturated carbocycles. The molecule has 0 atom stereocenters. The predicted molar refractivity (Wildman–Crippen MR) is 75.8 cm³/mol. The van der Waals surface area contributed by atoms with Gasteiger partial charge in [0.2, 0.25) is 0 Å². The number of aryl methyl sites for hydroxylation is 1. The van der Waals surface area contributed by atoms with Crippen LogP contribution in [0.3, 0.4) is 0 Å². The summed E-state index contributed by atoms with van der Waals surface area (Å²) in [5.74, 6) is 0. The van der Waals surface area contributed by atoms with Gasteiger partial charge in [0.05, 0.1) is 0 Å². The molecule has 1 saturated heterocycles. The van der Waals surface area contributed by atoms with E-state index in [4.69, 9.17) is 0 Å². The highest BCUT2D eigenvalue weighted by Gasteiger charge is 2.11. The largest absolute Gasteiger partial charge is 0.359 e. The normalized spacial score (nSPS) is 18.1. The molecule has 0 amide bonds.